The van der Waals surface area contributed by atoms with Gasteiger partial charge in [0.1, 0.15) is 4.90 Å². The molecule has 0 aliphatic carbocycles. The quantitative estimate of drug-likeness (QED) is 0.842. The molecule has 0 aromatic carbocycles. The van der Waals surface area contributed by atoms with E-state index in [0.29, 0.717) is 24.0 Å². The molecule has 3 rings (SSSR count). The summed E-state index contributed by atoms with van der Waals surface area (Å²) in [5.41, 5.74) is 0. The fourth-order valence-electron chi connectivity index (χ4n) is 3.61. The first-order valence-electron chi connectivity index (χ1n) is 8.77. The molecule has 0 amide bonds. The molecule has 2 aliphatic rings. The third kappa shape index (κ3) is 3.61. The monoisotopic (exact) mass is 340 g/mol. The van der Waals surface area contributed by atoms with Gasteiger partial charge in [0.05, 0.1) is 6.20 Å². The Morgan fingerprint density at radius 3 is 2.52 bits per heavy atom. The summed E-state index contributed by atoms with van der Waals surface area (Å²) in [5.74, 6) is 0. The molecule has 0 saturated carbocycles. The molecule has 130 valence electrons. The van der Waals surface area contributed by atoms with Gasteiger partial charge in [0.2, 0.25) is 10.0 Å². The van der Waals surface area contributed by atoms with E-state index in [1.807, 2.05) is 13.8 Å². The molecule has 0 radical (unpaired) electrons. The molecule has 2 saturated heterocycles. The fourth-order valence-corrected chi connectivity index (χ4v) is 5.06. The first-order valence-corrected chi connectivity index (χ1v) is 10.2. The van der Waals surface area contributed by atoms with Crippen molar-refractivity contribution in [2.75, 3.05) is 26.2 Å². The molecule has 1 aromatic rings. The Morgan fingerprint density at radius 1 is 1.13 bits per heavy atom. The molecule has 7 heteroatoms. The van der Waals surface area contributed by atoms with Gasteiger partial charge in [0.15, 0.2) is 0 Å². The largest absolute Gasteiger partial charge is 0.299 e. The molecule has 23 heavy (non-hydrogen) atoms. The Balaban J connectivity index is 1.73. The smallest absolute Gasteiger partial charge is 0.246 e. The van der Waals surface area contributed by atoms with Crippen LogP contribution in [0.5, 0.6) is 0 Å². The van der Waals surface area contributed by atoms with Gasteiger partial charge in [-0.05, 0) is 52.6 Å². The average molecular weight is 340 g/mol. The highest BCUT2D eigenvalue weighted by molar-refractivity contribution is 7.89. The van der Waals surface area contributed by atoms with E-state index in [2.05, 4.69) is 10.00 Å². The van der Waals surface area contributed by atoms with Crippen LogP contribution in [0.4, 0.5) is 0 Å². The fraction of sp³-hybridized carbons (Fsp3) is 0.812. The van der Waals surface area contributed by atoms with Crippen molar-refractivity contribution in [3.63, 3.8) is 0 Å². The SMILES string of the molecule is CC(C)n1cc(S(=O)(=O)N2CCCC(N3CCCCC3)C2)cn1. The number of piperidine rings is 2. The summed E-state index contributed by atoms with van der Waals surface area (Å²) < 4.78 is 29.2. The van der Waals surface area contributed by atoms with E-state index in [0.717, 1.165) is 25.9 Å². The minimum Gasteiger partial charge on any atom is -0.299 e. The van der Waals surface area contributed by atoms with E-state index in [4.69, 9.17) is 0 Å². The molecule has 0 spiro atoms. The maximum Gasteiger partial charge on any atom is 0.246 e. The van der Waals surface area contributed by atoms with Gasteiger partial charge in [-0.25, -0.2) is 8.42 Å². The predicted octanol–water partition coefficient (Wildman–Crippen LogP) is 2.10. The maximum atomic E-state index is 12.9. The van der Waals surface area contributed by atoms with Gasteiger partial charge in [-0.1, -0.05) is 6.42 Å². The normalized spacial score (nSPS) is 25.1. The standard InChI is InChI=1S/C16H28N4O2S/c1-14(2)20-13-16(11-17-20)23(21,22)19-10-6-7-15(12-19)18-8-4-3-5-9-18/h11,13-15H,3-10,12H2,1-2H3. The highest BCUT2D eigenvalue weighted by Crippen LogP contribution is 2.25. The van der Waals surface area contributed by atoms with Crippen molar-refractivity contribution < 1.29 is 8.42 Å². The lowest BCUT2D eigenvalue weighted by atomic mass is 10.0. The van der Waals surface area contributed by atoms with Crippen LogP contribution in [0.2, 0.25) is 0 Å². The van der Waals surface area contributed by atoms with Crippen LogP contribution in [0.3, 0.4) is 0 Å². The minimum atomic E-state index is -3.42. The van der Waals surface area contributed by atoms with Gasteiger partial charge in [0, 0.05) is 31.4 Å². The van der Waals surface area contributed by atoms with Gasteiger partial charge in [-0.2, -0.15) is 9.40 Å². The summed E-state index contributed by atoms with van der Waals surface area (Å²) in [6.45, 7) is 7.47. The number of likely N-dealkylation sites (tertiary alicyclic amines) is 1. The molecule has 0 N–H and O–H groups in total. The first-order chi connectivity index (χ1) is 11.0. The summed E-state index contributed by atoms with van der Waals surface area (Å²) in [4.78, 5) is 2.81. The van der Waals surface area contributed by atoms with E-state index >= 15 is 0 Å². The molecular weight excluding hydrogens is 312 g/mol. The Hall–Kier alpha value is -0.920. The number of sulfonamides is 1. The molecule has 6 nitrogen and oxygen atoms in total. The van der Waals surface area contributed by atoms with Gasteiger partial charge in [-0.15, -0.1) is 0 Å². The van der Waals surface area contributed by atoms with Crippen LogP contribution >= 0.6 is 0 Å². The minimum absolute atomic E-state index is 0.168. The van der Waals surface area contributed by atoms with Crippen LogP contribution in [0.25, 0.3) is 0 Å². The molecular formula is C16H28N4O2S. The van der Waals surface area contributed by atoms with Crippen LogP contribution in [0.15, 0.2) is 17.3 Å². The predicted molar refractivity (Wildman–Crippen MR) is 89.8 cm³/mol. The molecule has 1 unspecified atom stereocenters. The van der Waals surface area contributed by atoms with E-state index < -0.39 is 10.0 Å². The Kier molecular flexibility index (Phi) is 5.08. The summed E-state index contributed by atoms with van der Waals surface area (Å²) in [6, 6.07) is 0.542. The molecule has 2 fully saturated rings. The van der Waals surface area contributed by atoms with Crippen LogP contribution in [0, 0.1) is 0 Å². The van der Waals surface area contributed by atoms with Crippen LogP contribution < -0.4 is 0 Å². The van der Waals surface area contributed by atoms with Crippen molar-refractivity contribution in [2.24, 2.45) is 0 Å². The lowest BCUT2D eigenvalue weighted by Crippen LogP contribution is -2.51. The molecule has 3 heterocycles. The van der Waals surface area contributed by atoms with E-state index in [9.17, 15) is 8.42 Å². The second-order valence-electron chi connectivity index (χ2n) is 7.01. The number of hydrogen-bond donors (Lipinski definition) is 0. The summed E-state index contributed by atoms with van der Waals surface area (Å²) >= 11 is 0. The second-order valence-corrected chi connectivity index (χ2v) is 8.94. The highest BCUT2D eigenvalue weighted by atomic mass is 32.2. The molecule has 1 aromatic heterocycles. The van der Waals surface area contributed by atoms with Crippen LogP contribution in [0.1, 0.15) is 52.0 Å². The summed E-state index contributed by atoms with van der Waals surface area (Å²) in [7, 11) is -3.42. The summed E-state index contributed by atoms with van der Waals surface area (Å²) in [5, 5.41) is 4.19. The van der Waals surface area contributed by atoms with Gasteiger partial charge >= 0.3 is 0 Å². The van der Waals surface area contributed by atoms with Crippen molar-refractivity contribution in [1.82, 2.24) is 19.0 Å². The average Bonchev–Trinajstić information content (AvgIpc) is 3.07. The molecule has 0 bridgehead atoms. The number of hydrogen-bond acceptors (Lipinski definition) is 4. The highest BCUT2D eigenvalue weighted by Gasteiger charge is 2.33. The Labute approximate surface area is 139 Å². The topological polar surface area (TPSA) is 58.4 Å². The van der Waals surface area contributed by atoms with Crippen molar-refractivity contribution >= 4 is 10.0 Å². The number of rotatable bonds is 4. The third-order valence-electron chi connectivity index (χ3n) is 5.01. The van der Waals surface area contributed by atoms with Gasteiger partial charge in [-0.3, -0.25) is 9.58 Å². The lowest BCUT2D eigenvalue weighted by molar-refractivity contribution is 0.114. The molecule has 2 aliphatic heterocycles. The van der Waals surface area contributed by atoms with Crippen LogP contribution in [-0.2, 0) is 10.0 Å². The Bertz CT molecular complexity index is 620. The van der Waals surface area contributed by atoms with E-state index in [-0.39, 0.29) is 6.04 Å². The lowest BCUT2D eigenvalue weighted by Gasteiger charge is -2.40. The summed E-state index contributed by atoms with van der Waals surface area (Å²) in [6.07, 6.45) is 8.98. The number of nitrogens with zero attached hydrogens (tertiary/aromatic N) is 4. The zero-order valence-corrected chi connectivity index (χ0v) is 15.0. The van der Waals surface area contributed by atoms with Crippen molar-refractivity contribution in [3.8, 4) is 0 Å². The zero-order chi connectivity index (χ0) is 16.4. The Morgan fingerprint density at radius 2 is 1.87 bits per heavy atom. The van der Waals surface area contributed by atoms with E-state index in [1.54, 1.807) is 15.2 Å². The zero-order valence-electron chi connectivity index (χ0n) is 14.2. The first kappa shape index (κ1) is 16.9. The second kappa shape index (κ2) is 6.91. The maximum absolute atomic E-state index is 12.9. The van der Waals surface area contributed by atoms with E-state index in [1.165, 1.54) is 25.5 Å². The number of aromatic nitrogens is 2. The van der Waals surface area contributed by atoms with Gasteiger partial charge in [0.25, 0.3) is 0 Å². The van der Waals surface area contributed by atoms with Gasteiger partial charge < -0.3 is 0 Å². The van der Waals surface area contributed by atoms with Crippen molar-refractivity contribution in [3.05, 3.63) is 12.4 Å². The van der Waals surface area contributed by atoms with Crippen molar-refractivity contribution in [2.45, 2.75) is 62.9 Å². The third-order valence-corrected chi connectivity index (χ3v) is 6.83. The van der Waals surface area contributed by atoms with Crippen LogP contribution in [-0.4, -0.2) is 59.6 Å². The molecule has 1 atom stereocenters. The van der Waals surface area contributed by atoms with Crippen molar-refractivity contribution in [1.29, 1.82) is 0 Å².